The Morgan fingerprint density at radius 2 is 1.66 bits per heavy atom. The molecule has 3 rings (SSSR count). The average molecular weight is 412 g/mol. The quantitative estimate of drug-likeness (QED) is 0.479. The molecule has 0 aliphatic carbocycles. The number of nitrogens with zero attached hydrogens (tertiary/aromatic N) is 3. The number of benzene rings is 2. The van der Waals surface area contributed by atoms with Crippen LogP contribution in [0.3, 0.4) is 0 Å². The number of hydrogen-bond donors (Lipinski definition) is 0. The van der Waals surface area contributed by atoms with Crippen LogP contribution >= 0.6 is 11.8 Å². The van der Waals surface area contributed by atoms with Gasteiger partial charge in [-0.05, 0) is 53.9 Å². The average Bonchev–Trinajstić information content (AvgIpc) is 3.04. The number of methoxy groups -OCH3 is 2. The van der Waals surface area contributed by atoms with Crippen molar-refractivity contribution in [2.45, 2.75) is 31.6 Å². The smallest absolute Gasteiger partial charge is 0.242 e. The first-order valence-corrected chi connectivity index (χ1v) is 10.4. The van der Waals surface area contributed by atoms with E-state index in [1.54, 1.807) is 25.3 Å². The number of amidine groups is 1. The third-order valence-corrected chi connectivity index (χ3v) is 5.77. The topological polar surface area (TPSA) is 63.5 Å². The zero-order valence-corrected chi connectivity index (χ0v) is 17.7. The molecule has 1 aliphatic heterocycles. The second-order valence-electron chi connectivity index (χ2n) is 6.57. The summed E-state index contributed by atoms with van der Waals surface area (Å²) in [6.07, 6.45) is 3.45. The van der Waals surface area contributed by atoms with E-state index < -0.39 is 0 Å². The van der Waals surface area contributed by atoms with Gasteiger partial charge >= 0.3 is 0 Å². The maximum Gasteiger partial charge on any atom is 0.242 e. The lowest BCUT2D eigenvalue weighted by molar-refractivity contribution is -0.126. The first-order valence-electron chi connectivity index (χ1n) is 9.50. The minimum Gasteiger partial charge on any atom is -0.497 e. The lowest BCUT2D eigenvalue weighted by Crippen LogP contribution is -2.31. The van der Waals surface area contributed by atoms with E-state index in [4.69, 9.17) is 9.47 Å². The third-order valence-electron chi connectivity index (χ3n) is 4.54. The van der Waals surface area contributed by atoms with Gasteiger partial charge in [0.15, 0.2) is 5.17 Å². The van der Waals surface area contributed by atoms with Crippen LogP contribution in [0.25, 0.3) is 0 Å². The predicted molar refractivity (Wildman–Crippen MR) is 118 cm³/mol. The molecular weight excluding hydrogens is 386 g/mol. The Bertz CT molecular complexity index is 879. The fraction of sp³-hybridized carbons (Fsp3) is 0.318. The van der Waals surface area contributed by atoms with Gasteiger partial charge in [-0.2, -0.15) is 5.10 Å². The second-order valence-corrected chi connectivity index (χ2v) is 7.74. The number of hydrogen-bond acceptors (Lipinski definition) is 6. The zero-order valence-electron chi connectivity index (χ0n) is 16.9. The minimum absolute atomic E-state index is 0.0889. The van der Waals surface area contributed by atoms with Crippen LogP contribution in [-0.4, -0.2) is 41.7 Å². The summed E-state index contributed by atoms with van der Waals surface area (Å²) in [5, 5.41) is 9.10. The van der Waals surface area contributed by atoms with Gasteiger partial charge < -0.3 is 9.47 Å². The molecule has 0 spiro atoms. The summed E-state index contributed by atoms with van der Waals surface area (Å²) >= 11 is 1.49. The van der Waals surface area contributed by atoms with E-state index in [2.05, 4.69) is 17.1 Å². The maximum atomic E-state index is 12.9. The standard InChI is InChI=1S/C22H25N3O3S/c1-4-5-20-21(26)25(15-17-8-12-19(28-3)13-9-17)22(29-20)24-23-14-16-6-10-18(27-2)11-7-16/h6-14,20H,4-5,15H2,1-3H3/b23-14-,24-22-/t20-/m1/s1. The molecule has 0 N–H and O–H groups in total. The Kier molecular flexibility index (Phi) is 7.30. The van der Waals surface area contributed by atoms with Crippen LogP contribution < -0.4 is 9.47 Å². The van der Waals surface area contributed by atoms with E-state index in [1.807, 2.05) is 48.5 Å². The van der Waals surface area contributed by atoms with Crippen molar-refractivity contribution >= 4 is 29.1 Å². The monoisotopic (exact) mass is 411 g/mol. The van der Waals surface area contributed by atoms with Gasteiger partial charge in [0.2, 0.25) is 5.91 Å². The molecule has 7 heteroatoms. The molecule has 1 heterocycles. The Morgan fingerprint density at radius 1 is 1.03 bits per heavy atom. The molecule has 1 amide bonds. The lowest BCUT2D eigenvalue weighted by Gasteiger charge is -2.16. The van der Waals surface area contributed by atoms with Gasteiger partial charge in [-0.15, -0.1) is 5.10 Å². The van der Waals surface area contributed by atoms with Crippen LogP contribution in [0.5, 0.6) is 11.5 Å². The van der Waals surface area contributed by atoms with Crippen molar-refractivity contribution in [2.24, 2.45) is 10.2 Å². The summed E-state index contributed by atoms with van der Waals surface area (Å²) in [6.45, 7) is 2.55. The zero-order chi connectivity index (χ0) is 20.6. The minimum atomic E-state index is -0.104. The van der Waals surface area contributed by atoms with Crippen molar-refractivity contribution in [3.8, 4) is 11.5 Å². The van der Waals surface area contributed by atoms with Gasteiger partial charge in [0.25, 0.3) is 0 Å². The lowest BCUT2D eigenvalue weighted by atomic mass is 10.2. The number of ether oxygens (including phenoxy) is 2. The van der Waals surface area contributed by atoms with Crippen molar-refractivity contribution in [3.05, 3.63) is 59.7 Å². The van der Waals surface area contributed by atoms with Gasteiger partial charge in [-0.3, -0.25) is 9.69 Å². The number of amides is 1. The van der Waals surface area contributed by atoms with Crippen molar-refractivity contribution < 1.29 is 14.3 Å². The molecule has 0 bridgehead atoms. The molecule has 152 valence electrons. The summed E-state index contributed by atoms with van der Waals surface area (Å²) in [5.41, 5.74) is 1.93. The maximum absolute atomic E-state index is 12.9. The van der Waals surface area contributed by atoms with Crippen LogP contribution in [0.4, 0.5) is 0 Å². The molecule has 29 heavy (non-hydrogen) atoms. The van der Waals surface area contributed by atoms with Gasteiger partial charge in [-0.25, -0.2) is 0 Å². The summed E-state index contributed by atoms with van der Waals surface area (Å²) in [6, 6.07) is 15.3. The summed E-state index contributed by atoms with van der Waals surface area (Å²) < 4.78 is 10.4. The van der Waals surface area contributed by atoms with E-state index in [9.17, 15) is 4.79 Å². The second kappa shape index (κ2) is 10.1. The molecule has 2 aromatic rings. The van der Waals surface area contributed by atoms with Gasteiger partial charge in [0.05, 0.1) is 32.2 Å². The summed E-state index contributed by atoms with van der Waals surface area (Å²) in [4.78, 5) is 14.6. The first kappa shape index (κ1) is 20.9. The number of rotatable bonds is 8. The number of thioether (sulfide) groups is 1. The van der Waals surface area contributed by atoms with Crippen molar-refractivity contribution in [1.82, 2.24) is 4.90 Å². The summed E-state index contributed by atoms with van der Waals surface area (Å²) in [7, 11) is 3.27. The van der Waals surface area contributed by atoms with E-state index in [-0.39, 0.29) is 11.2 Å². The Morgan fingerprint density at radius 3 is 2.24 bits per heavy atom. The highest BCUT2D eigenvalue weighted by atomic mass is 32.2. The number of carbonyl (C=O) groups is 1. The van der Waals surface area contributed by atoms with Crippen LogP contribution in [0.2, 0.25) is 0 Å². The van der Waals surface area contributed by atoms with E-state index >= 15 is 0 Å². The summed E-state index contributed by atoms with van der Waals surface area (Å²) in [5.74, 6) is 1.67. The molecule has 1 saturated heterocycles. The normalized spacial score (nSPS) is 18.0. The van der Waals surface area contributed by atoms with E-state index in [1.165, 1.54) is 11.8 Å². The van der Waals surface area contributed by atoms with E-state index in [0.29, 0.717) is 11.7 Å². The van der Waals surface area contributed by atoms with Crippen molar-refractivity contribution in [3.63, 3.8) is 0 Å². The molecule has 6 nitrogen and oxygen atoms in total. The molecular formula is C22H25N3O3S. The molecule has 0 radical (unpaired) electrons. The molecule has 0 unspecified atom stereocenters. The van der Waals surface area contributed by atoms with Crippen LogP contribution in [0, 0.1) is 0 Å². The number of carbonyl (C=O) groups excluding carboxylic acids is 1. The van der Waals surface area contributed by atoms with Gasteiger partial charge in [0.1, 0.15) is 11.5 Å². The van der Waals surface area contributed by atoms with Gasteiger partial charge in [-0.1, -0.05) is 37.2 Å². The molecule has 1 atom stereocenters. The highest BCUT2D eigenvalue weighted by molar-refractivity contribution is 8.15. The van der Waals surface area contributed by atoms with Gasteiger partial charge in [0, 0.05) is 0 Å². The molecule has 1 aliphatic rings. The van der Waals surface area contributed by atoms with Crippen molar-refractivity contribution in [1.29, 1.82) is 0 Å². The Labute approximate surface area is 175 Å². The first-order chi connectivity index (χ1) is 14.1. The molecule has 1 fully saturated rings. The predicted octanol–water partition coefficient (Wildman–Crippen LogP) is 4.34. The van der Waals surface area contributed by atoms with Crippen molar-refractivity contribution in [2.75, 3.05) is 14.2 Å². The van der Waals surface area contributed by atoms with Crippen LogP contribution in [0.1, 0.15) is 30.9 Å². The Balaban J connectivity index is 1.77. The van der Waals surface area contributed by atoms with Crippen LogP contribution in [-0.2, 0) is 11.3 Å². The fourth-order valence-electron chi connectivity index (χ4n) is 2.93. The largest absolute Gasteiger partial charge is 0.497 e. The molecule has 0 aromatic heterocycles. The third kappa shape index (κ3) is 5.38. The highest BCUT2D eigenvalue weighted by Crippen LogP contribution is 2.32. The SMILES string of the molecule is CCC[C@H]1S/C(=N\N=C/c2ccc(OC)cc2)N(Cc2ccc(OC)cc2)C1=O. The fourth-order valence-corrected chi connectivity index (χ4v) is 4.14. The van der Waals surface area contributed by atoms with E-state index in [0.717, 1.165) is 35.5 Å². The molecule has 2 aromatic carbocycles. The van der Waals surface area contributed by atoms with Crippen LogP contribution in [0.15, 0.2) is 58.7 Å². The highest BCUT2D eigenvalue weighted by Gasteiger charge is 2.37. The molecule has 0 saturated carbocycles. The Hall–Kier alpha value is -2.80.